The van der Waals surface area contributed by atoms with Gasteiger partial charge in [0.25, 0.3) is 0 Å². The highest BCUT2D eigenvalue weighted by atomic mass is 35.5. The Hall–Kier alpha value is -3.08. The minimum absolute atomic E-state index is 0. The van der Waals surface area contributed by atoms with Crippen LogP contribution in [-0.4, -0.2) is 24.3 Å². The summed E-state index contributed by atoms with van der Waals surface area (Å²) >= 11 is 0. The van der Waals surface area contributed by atoms with E-state index in [-0.39, 0.29) is 24.0 Å². The Morgan fingerprint density at radius 2 is 1.72 bits per heavy atom. The summed E-state index contributed by atoms with van der Waals surface area (Å²) in [5.41, 5.74) is 3.63. The quantitative estimate of drug-likeness (QED) is 0.271. The molecule has 36 heavy (non-hydrogen) atoms. The van der Waals surface area contributed by atoms with E-state index in [1.807, 2.05) is 42.5 Å². The molecule has 188 valence electrons. The molecule has 5 rings (SSSR count). The van der Waals surface area contributed by atoms with Gasteiger partial charge >= 0.3 is 0 Å². The minimum atomic E-state index is -0.237. The maximum Gasteiger partial charge on any atom is 0.131 e. The van der Waals surface area contributed by atoms with E-state index < -0.39 is 0 Å². The van der Waals surface area contributed by atoms with E-state index in [2.05, 4.69) is 17.4 Å². The van der Waals surface area contributed by atoms with E-state index in [1.54, 1.807) is 18.2 Å². The van der Waals surface area contributed by atoms with Crippen LogP contribution >= 0.6 is 12.4 Å². The van der Waals surface area contributed by atoms with Crippen molar-refractivity contribution in [2.45, 2.75) is 44.6 Å². The number of aromatic hydroxyl groups is 1. The Morgan fingerprint density at radius 3 is 2.56 bits per heavy atom. The van der Waals surface area contributed by atoms with Crippen LogP contribution in [0.3, 0.4) is 0 Å². The molecule has 0 saturated carbocycles. The van der Waals surface area contributed by atoms with Crippen molar-refractivity contribution in [2.24, 2.45) is 0 Å². The Kier molecular flexibility index (Phi) is 8.84. The zero-order valence-electron chi connectivity index (χ0n) is 20.4. The van der Waals surface area contributed by atoms with Crippen LogP contribution in [0.25, 0.3) is 21.9 Å². The third-order valence-electron chi connectivity index (χ3n) is 6.98. The lowest BCUT2D eigenvalue weighted by atomic mass is 9.90. The molecule has 1 fully saturated rings. The monoisotopic (exact) mass is 505 g/mol. The van der Waals surface area contributed by atoms with E-state index in [0.717, 1.165) is 46.2 Å². The van der Waals surface area contributed by atoms with E-state index >= 15 is 0 Å². The van der Waals surface area contributed by atoms with E-state index in [0.29, 0.717) is 24.6 Å². The lowest BCUT2D eigenvalue weighted by Crippen LogP contribution is -2.29. The summed E-state index contributed by atoms with van der Waals surface area (Å²) in [5.74, 6) is 0.862. The van der Waals surface area contributed by atoms with Gasteiger partial charge in [-0.15, -0.1) is 12.4 Å². The number of nitrogens with one attached hydrogen (secondary N) is 1. The molecule has 0 amide bonds. The molecule has 1 saturated heterocycles. The van der Waals surface area contributed by atoms with Crippen molar-refractivity contribution in [3.63, 3.8) is 0 Å². The van der Waals surface area contributed by atoms with Crippen LogP contribution in [-0.2, 0) is 6.42 Å². The van der Waals surface area contributed by atoms with Crippen LogP contribution in [0.2, 0.25) is 0 Å². The second-order valence-corrected chi connectivity index (χ2v) is 9.44. The first-order valence-electron chi connectivity index (χ1n) is 12.6. The number of phenols is 1. The summed E-state index contributed by atoms with van der Waals surface area (Å²) in [7, 11) is 0. The van der Waals surface area contributed by atoms with Crippen LogP contribution in [0.5, 0.6) is 11.5 Å². The number of fused-ring (bicyclic) bond motifs is 1. The smallest absolute Gasteiger partial charge is 0.131 e. The molecule has 0 radical (unpaired) electrons. The maximum absolute atomic E-state index is 14.7. The van der Waals surface area contributed by atoms with Crippen LogP contribution < -0.4 is 10.1 Å². The third-order valence-corrected chi connectivity index (χ3v) is 6.98. The van der Waals surface area contributed by atoms with Crippen molar-refractivity contribution < 1.29 is 14.2 Å². The molecule has 0 spiro atoms. The van der Waals surface area contributed by atoms with Crippen LogP contribution in [0.15, 0.2) is 78.9 Å². The molecule has 1 heterocycles. The fourth-order valence-electron chi connectivity index (χ4n) is 5.08. The van der Waals surface area contributed by atoms with E-state index in [9.17, 15) is 9.50 Å². The van der Waals surface area contributed by atoms with Crippen molar-refractivity contribution >= 4 is 23.2 Å². The van der Waals surface area contributed by atoms with Gasteiger partial charge in [0.2, 0.25) is 0 Å². The average molecular weight is 506 g/mol. The molecular formula is C31H33ClFNO2. The zero-order chi connectivity index (χ0) is 24.0. The van der Waals surface area contributed by atoms with Gasteiger partial charge < -0.3 is 15.2 Å². The molecule has 0 bridgehead atoms. The van der Waals surface area contributed by atoms with E-state index in [1.165, 1.54) is 31.7 Å². The summed E-state index contributed by atoms with van der Waals surface area (Å²) < 4.78 is 20.8. The minimum Gasteiger partial charge on any atom is -0.508 e. The lowest BCUT2D eigenvalue weighted by Gasteiger charge is -2.16. The number of hydrogen-bond acceptors (Lipinski definition) is 3. The summed E-state index contributed by atoms with van der Waals surface area (Å²) in [6.45, 7) is 1.82. The summed E-state index contributed by atoms with van der Waals surface area (Å²) in [5, 5.41) is 15.5. The number of rotatable bonds is 7. The van der Waals surface area contributed by atoms with Crippen LogP contribution in [0, 0.1) is 5.82 Å². The van der Waals surface area contributed by atoms with Gasteiger partial charge in [0.05, 0.1) is 6.61 Å². The van der Waals surface area contributed by atoms with Gasteiger partial charge in [-0.1, -0.05) is 61.4 Å². The lowest BCUT2D eigenvalue weighted by molar-refractivity contribution is 0.283. The Morgan fingerprint density at radius 1 is 0.889 bits per heavy atom. The Balaban J connectivity index is 0.00000304. The van der Waals surface area contributed by atoms with Crippen molar-refractivity contribution in [2.75, 3.05) is 13.2 Å². The molecule has 0 aliphatic carbocycles. The largest absolute Gasteiger partial charge is 0.508 e. The van der Waals surface area contributed by atoms with Crippen molar-refractivity contribution in [1.82, 2.24) is 5.32 Å². The number of halogens is 2. The van der Waals surface area contributed by atoms with Crippen molar-refractivity contribution in [3.8, 4) is 22.6 Å². The Bertz CT molecular complexity index is 1280. The second kappa shape index (κ2) is 12.2. The maximum atomic E-state index is 14.7. The molecule has 1 aliphatic rings. The average Bonchev–Trinajstić information content (AvgIpc) is 3.15. The number of hydrogen-bond donors (Lipinski definition) is 2. The first-order valence-corrected chi connectivity index (χ1v) is 12.6. The normalized spacial score (nSPS) is 15.8. The number of ether oxygens (including phenoxy) is 1. The number of benzene rings is 4. The second-order valence-electron chi connectivity index (χ2n) is 9.44. The van der Waals surface area contributed by atoms with Crippen LogP contribution in [0.1, 0.15) is 43.2 Å². The molecule has 2 N–H and O–H groups in total. The fourth-order valence-corrected chi connectivity index (χ4v) is 5.08. The SMILES string of the molecule is Cl.Oc1ccc2c(Cc3ccc(OCCC4CCCCCN4)cc3)c(-c3ccccc3F)ccc2c1. The summed E-state index contributed by atoms with van der Waals surface area (Å²) in [4.78, 5) is 0. The molecule has 1 unspecified atom stereocenters. The predicted molar refractivity (Wildman–Crippen MR) is 148 cm³/mol. The van der Waals surface area contributed by atoms with Gasteiger partial charge in [0.15, 0.2) is 0 Å². The molecule has 1 atom stereocenters. The third kappa shape index (κ3) is 6.18. The fraction of sp³-hybridized carbons (Fsp3) is 0.290. The highest BCUT2D eigenvalue weighted by molar-refractivity contribution is 5.93. The molecule has 3 nitrogen and oxygen atoms in total. The molecular weight excluding hydrogens is 473 g/mol. The summed E-state index contributed by atoms with van der Waals surface area (Å²) in [6.07, 6.45) is 6.80. The molecule has 1 aliphatic heterocycles. The van der Waals surface area contributed by atoms with Crippen molar-refractivity contribution in [1.29, 1.82) is 0 Å². The van der Waals surface area contributed by atoms with Gasteiger partial charge in [-0.3, -0.25) is 0 Å². The first-order chi connectivity index (χ1) is 17.2. The van der Waals surface area contributed by atoms with Gasteiger partial charge in [-0.25, -0.2) is 4.39 Å². The standard InChI is InChI=1S/C31H32FNO2.ClH/c32-31-8-4-3-7-29(31)28-15-11-23-21-25(34)12-16-27(23)30(28)20-22-9-13-26(14-10-22)35-19-17-24-6-2-1-5-18-33-24;/h3-4,7-16,21,24,33-34H,1-2,5-6,17-20H2;1H. The topological polar surface area (TPSA) is 41.5 Å². The van der Waals surface area contributed by atoms with E-state index in [4.69, 9.17) is 4.74 Å². The first kappa shape index (κ1) is 26.0. The summed E-state index contributed by atoms with van der Waals surface area (Å²) in [6, 6.07) is 24.9. The molecule has 4 aromatic rings. The number of phenolic OH excluding ortho intramolecular Hbond substituents is 1. The van der Waals surface area contributed by atoms with Gasteiger partial charge in [-0.2, -0.15) is 0 Å². The molecule has 5 heteroatoms. The van der Waals surface area contributed by atoms with Crippen molar-refractivity contribution in [3.05, 3.63) is 95.8 Å². The van der Waals surface area contributed by atoms with Gasteiger partial charge in [-0.05, 0) is 90.0 Å². The highest BCUT2D eigenvalue weighted by Gasteiger charge is 2.15. The van der Waals surface area contributed by atoms with Gasteiger partial charge in [0, 0.05) is 11.6 Å². The predicted octanol–water partition coefficient (Wildman–Crippen LogP) is 7.67. The van der Waals surface area contributed by atoms with Gasteiger partial charge in [0.1, 0.15) is 17.3 Å². The van der Waals surface area contributed by atoms with Crippen LogP contribution in [0.4, 0.5) is 4.39 Å². The molecule has 4 aromatic carbocycles. The Labute approximate surface area is 218 Å². The highest BCUT2D eigenvalue weighted by Crippen LogP contribution is 2.35. The zero-order valence-corrected chi connectivity index (χ0v) is 21.2. The molecule has 0 aromatic heterocycles.